The van der Waals surface area contributed by atoms with Gasteiger partial charge < -0.3 is 4.74 Å². The molecule has 4 nitrogen and oxygen atoms in total. The van der Waals surface area contributed by atoms with E-state index in [0.717, 1.165) is 22.5 Å². The number of carbonyl (C=O) groups excluding carboxylic acids is 1. The van der Waals surface area contributed by atoms with Crippen molar-refractivity contribution in [3.05, 3.63) is 52.8 Å². The third-order valence-electron chi connectivity index (χ3n) is 3.35. The Kier molecular flexibility index (Phi) is 4.96. The van der Waals surface area contributed by atoms with Gasteiger partial charge in [-0.05, 0) is 31.9 Å². The Morgan fingerprint density at radius 2 is 1.67 bits per heavy atom. The largest absolute Gasteiger partial charge is 0.468 e. The lowest BCUT2D eigenvalue weighted by atomic mass is 10.1. The molecule has 2 rings (SSSR count). The van der Waals surface area contributed by atoms with E-state index in [1.165, 1.54) is 18.9 Å². The van der Waals surface area contributed by atoms with Crippen LogP contribution in [0.2, 0.25) is 0 Å². The van der Waals surface area contributed by atoms with Crippen LogP contribution < -0.4 is 0 Å². The molecule has 0 spiro atoms. The van der Waals surface area contributed by atoms with Crippen LogP contribution in [0.4, 0.5) is 0 Å². The number of benzene rings is 1. The first kappa shape index (κ1) is 15.5. The standard InChI is InChI=1S/C16H18N2O2S/c1-10-11(2)17-16(18-12(10)3)21-14(15(19)20-4)13-8-6-5-7-9-13/h5-9,14H,1-4H3/t14-/m1/s1. The summed E-state index contributed by atoms with van der Waals surface area (Å²) in [4.78, 5) is 21.0. The predicted molar refractivity (Wildman–Crippen MR) is 83.3 cm³/mol. The number of esters is 1. The monoisotopic (exact) mass is 302 g/mol. The molecule has 110 valence electrons. The molecule has 0 saturated heterocycles. The van der Waals surface area contributed by atoms with Gasteiger partial charge >= 0.3 is 5.97 Å². The quantitative estimate of drug-likeness (QED) is 0.492. The Bertz CT molecular complexity index is 621. The molecular formula is C16H18N2O2S. The van der Waals surface area contributed by atoms with Crippen molar-refractivity contribution in [1.82, 2.24) is 9.97 Å². The SMILES string of the molecule is COC(=O)[C@H](Sc1nc(C)c(C)c(C)n1)c1ccccc1. The number of carbonyl (C=O) groups is 1. The third-order valence-corrected chi connectivity index (χ3v) is 4.45. The van der Waals surface area contributed by atoms with Gasteiger partial charge in [0.25, 0.3) is 0 Å². The second kappa shape index (κ2) is 6.72. The number of methoxy groups -OCH3 is 1. The highest BCUT2D eigenvalue weighted by Gasteiger charge is 2.24. The van der Waals surface area contributed by atoms with Crippen LogP contribution in [-0.4, -0.2) is 23.0 Å². The number of aromatic nitrogens is 2. The van der Waals surface area contributed by atoms with Crippen molar-refractivity contribution in [1.29, 1.82) is 0 Å². The van der Waals surface area contributed by atoms with E-state index < -0.39 is 5.25 Å². The molecule has 1 aromatic carbocycles. The highest BCUT2D eigenvalue weighted by molar-refractivity contribution is 8.00. The van der Waals surface area contributed by atoms with Gasteiger partial charge in [0.15, 0.2) is 5.16 Å². The van der Waals surface area contributed by atoms with Crippen molar-refractivity contribution in [3.63, 3.8) is 0 Å². The second-order valence-corrected chi connectivity index (χ2v) is 5.81. The van der Waals surface area contributed by atoms with Crippen molar-refractivity contribution in [2.24, 2.45) is 0 Å². The maximum Gasteiger partial charge on any atom is 0.323 e. The zero-order valence-electron chi connectivity index (χ0n) is 12.6. The highest BCUT2D eigenvalue weighted by Crippen LogP contribution is 2.34. The second-order valence-electron chi connectivity index (χ2n) is 4.73. The van der Waals surface area contributed by atoms with E-state index >= 15 is 0 Å². The van der Waals surface area contributed by atoms with Gasteiger partial charge in [-0.3, -0.25) is 4.79 Å². The van der Waals surface area contributed by atoms with Gasteiger partial charge in [-0.15, -0.1) is 0 Å². The molecule has 1 aromatic heterocycles. The van der Waals surface area contributed by atoms with E-state index in [4.69, 9.17) is 4.74 Å². The summed E-state index contributed by atoms with van der Waals surface area (Å²) in [5.74, 6) is -0.300. The first-order valence-corrected chi connectivity index (χ1v) is 7.52. The first-order valence-electron chi connectivity index (χ1n) is 6.64. The molecule has 0 unspecified atom stereocenters. The molecule has 1 atom stereocenters. The van der Waals surface area contributed by atoms with Gasteiger partial charge in [0, 0.05) is 11.4 Å². The Labute approximate surface area is 129 Å². The van der Waals surface area contributed by atoms with E-state index in [9.17, 15) is 4.79 Å². The smallest absolute Gasteiger partial charge is 0.323 e. The number of hydrogen-bond donors (Lipinski definition) is 0. The molecule has 0 N–H and O–H groups in total. The number of hydrogen-bond acceptors (Lipinski definition) is 5. The van der Waals surface area contributed by atoms with Crippen LogP contribution in [0.5, 0.6) is 0 Å². The van der Waals surface area contributed by atoms with Crippen LogP contribution in [0.15, 0.2) is 35.5 Å². The van der Waals surface area contributed by atoms with Gasteiger partial charge in [0.1, 0.15) is 5.25 Å². The topological polar surface area (TPSA) is 52.1 Å². The fourth-order valence-corrected chi connectivity index (χ4v) is 2.96. The zero-order valence-corrected chi connectivity index (χ0v) is 13.4. The zero-order chi connectivity index (χ0) is 15.4. The molecule has 2 aromatic rings. The number of thioether (sulfide) groups is 1. The Morgan fingerprint density at radius 1 is 1.10 bits per heavy atom. The Morgan fingerprint density at radius 3 is 2.19 bits per heavy atom. The van der Waals surface area contributed by atoms with Crippen molar-refractivity contribution >= 4 is 17.7 Å². The molecule has 0 aliphatic rings. The fraction of sp³-hybridized carbons (Fsp3) is 0.312. The predicted octanol–water partition coefficient (Wildman–Crippen LogP) is 3.41. The van der Waals surface area contributed by atoms with Crippen LogP contribution in [0.3, 0.4) is 0 Å². The lowest BCUT2D eigenvalue weighted by Crippen LogP contribution is -2.12. The minimum Gasteiger partial charge on any atom is -0.468 e. The third kappa shape index (κ3) is 3.61. The molecule has 0 radical (unpaired) electrons. The molecule has 5 heteroatoms. The van der Waals surface area contributed by atoms with Crippen LogP contribution >= 0.6 is 11.8 Å². The normalized spacial score (nSPS) is 12.0. The van der Waals surface area contributed by atoms with Gasteiger partial charge in [0.05, 0.1) is 7.11 Å². The van der Waals surface area contributed by atoms with E-state index in [-0.39, 0.29) is 5.97 Å². The summed E-state index contributed by atoms with van der Waals surface area (Å²) < 4.78 is 4.91. The van der Waals surface area contributed by atoms with Crippen molar-refractivity contribution in [2.75, 3.05) is 7.11 Å². The van der Waals surface area contributed by atoms with Gasteiger partial charge in [-0.25, -0.2) is 9.97 Å². The molecular weight excluding hydrogens is 284 g/mol. The lowest BCUT2D eigenvalue weighted by molar-refractivity contribution is -0.140. The Hall–Kier alpha value is -1.88. The van der Waals surface area contributed by atoms with Crippen LogP contribution in [-0.2, 0) is 9.53 Å². The first-order chi connectivity index (χ1) is 10.0. The molecule has 0 bridgehead atoms. The average molecular weight is 302 g/mol. The summed E-state index contributed by atoms with van der Waals surface area (Å²) in [5.41, 5.74) is 3.82. The van der Waals surface area contributed by atoms with Crippen molar-refractivity contribution in [2.45, 2.75) is 31.2 Å². The average Bonchev–Trinajstić information content (AvgIpc) is 2.50. The number of aryl methyl sites for hydroxylation is 2. The summed E-state index contributed by atoms with van der Waals surface area (Å²) in [6.45, 7) is 5.89. The number of rotatable bonds is 4. The van der Waals surface area contributed by atoms with Crippen LogP contribution in [0.1, 0.15) is 27.8 Å². The summed E-state index contributed by atoms with van der Waals surface area (Å²) >= 11 is 1.31. The molecule has 21 heavy (non-hydrogen) atoms. The van der Waals surface area contributed by atoms with Gasteiger partial charge in [-0.1, -0.05) is 42.1 Å². The van der Waals surface area contributed by atoms with Crippen LogP contribution in [0.25, 0.3) is 0 Å². The summed E-state index contributed by atoms with van der Waals surface area (Å²) in [6, 6.07) is 9.53. The molecule has 0 aliphatic heterocycles. The maximum absolute atomic E-state index is 12.1. The van der Waals surface area contributed by atoms with Gasteiger partial charge in [-0.2, -0.15) is 0 Å². The fourth-order valence-electron chi connectivity index (χ4n) is 1.89. The molecule has 0 amide bonds. The summed E-state index contributed by atoms with van der Waals surface area (Å²) in [5, 5.41) is 0.132. The molecule has 1 heterocycles. The van der Waals surface area contributed by atoms with E-state index in [1.807, 2.05) is 51.1 Å². The molecule has 0 aliphatic carbocycles. The summed E-state index contributed by atoms with van der Waals surface area (Å²) in [6.07, 6.45) is 0. The van der Waals surface area contributed by atoms with Crippen molar-refractivity contribution in [3.8, 4) is 0 Å². The minimum absolute atomic E-state index is 0.300. The molecule has 0 saturated carbocycles. The van der Waals surface area contributed by atoms with Crippen molar-refractivity contribution < 1.29 is 9.53 Å². The number of ether oxygens (including phenoxy) is 1. The highest BCUT2D eigenvalue weighted by atomic mass is 32.2. The van der Waals surface area contributed by atoms with E-state index in [0.29, 0.717) is 5.16 Å². The minimum atomic E-state index is -0.460. The van der Waals surface area contributed by atoms with Gasteiger partial charge in [0.2, 0.25) is 0 Å². The summed E-state index contributed by atoms with van der Waals surface area (Å²) in [7, 11) is 1.39. The molecule has 0 fully saturated rings. The Balaban J connectivity index is 2.34. The number of nitrogens with zero attached hydrogens (tertiary/aromatic N) is 2. The van der Waals surface area contributed by atoms with E-state index in [1.54, 1.807) is 0 Å². The maximum atomic E-state index is 12.1. The lowest BCUT2D eigenvalue weighted by Gasteiger charge is -2.14. The van der Waals surface area contributed by atoms with Crippen LogP contribution in [0, 0.1) is 20.8 Å². The van der Waals surface area contributed by atoms with E-state index in [2.05, 4.69) is 9.97 Å².